The molecule has 6 rings (SSSR count). The molecule has 4 aromatic rings. The maximum absolute atomic E-state index is 13.8. The van der Waals surface area contributed by atoms with Crippen molar-refractivity contribution in [3.63, 3.8) is 0 Å². The van der Waals surface area contributed by atoms with Crippen LogP contribution >= 0.6 is 0 Å². The van der Waals surface area contributed by atoms with E-state index in [1.807, 2.05) is 103 Å². The van der Waals surface area contributed by atoms with Gasteiger partial charge in [-0.25, -0.2) is 0 Å². The summed E-state index contributed by atoms with van der Waals surface area (Å²) in [5, 5.41) is 3.95. The predicted octanol–water partition coefficient (Wildman–Crippen LogP) is 5.10. The van der Waals surface area contributed by atoms with Crippen molar-refractivity contribution in [2.24, 2.45) is 5.41 Å². The Hall–Kier alpha value is -4.39. The molecule has 2 bridgehead atoms. The third-order valence-corrected chi connectivity index (χ3v) is 8.19. The first kappa shape index (κ1) is 25.9. The van der Waals surface area contributed by atoms with Gasteiger partial charge in [0.1, 0.15) is 11.7 Å². The fourth-order valence-corrected chi connectivity index (χ4v) is 6.01. The van der Waals surface area contributed by atoms with E-state index in [1.165, 1.54) is 0 Å². The van der Waals surface area contributed by atoms with Crippen LogP contribution in [-0.4, -0.2) is 63.7 Å². The van der Waals surface area contributed by atoms with Crippen LogP contribution in [0.5, 0.6) is 0 Å². The standard InChI is InChI=1S/C33H34N4O3/c1-33(2,3)29(35-30(38)28-17-24-11-7-8-12-27(24)34-28)32(40)37-20-25-18-26(37)19-36(25)31(39)23-15-13-22(14-16-23)21-9-5-4-6-10-21/h4-17,25-26,29,34H,18-20H2,1-3H3,(H,35,38)/t25-,26-,29+/m0/s1. The van der Waals surface area contributed by atoms with Crippen molar-refractivity contribution in [2.45, 2.75) is 45.3 Å². The topological polar surface area (TPSA) is 85.5 Å². The normalized spacial score (nSPS) is 19.2. The summed E-state index contributed by atoms with van der Waals surface area (Å²) in [6.07, 6.45) is 0.756. The van der Waals surface area contributed by atoms with E-state index >= 15 is 0 Å². The van der Waals surface area contributed by atoms with Gasteiger partial charge in [-0.05, 0) is 47.2 Å². The van der Waals surface area contributed by atoms with E-state index in [0.717, 1.165) is 28.5 Å². The fourth-order valence-electron chi connectivity index (χ4n) is 6.01. The third-order valence-electron chi connectivity index (χ3n) is 8.19. The van der Waals surface area contributed by atoms with Crippen LogP contribution in [0.2, 0.25) is 0 Å². The van der Waals surface area contributed by atoms with E-state index in [9.17, 15) is 14.4 Å². The molecule has 0 spiro atoms. The zero-order chi connectivity index (χ0) is 28.0. The average molecular weight is 535 g/mol. The maximum atomic E-state index is 13.8. The summed E-state index contributed by atoms with van der Waals surface area (Å²) in [6, 6.07) is 26.6. The number of aromatic amines is 1. The van der Waals surface area contributed by atoms with Gasteiger partial charge in [-0.3, -0.25) is 14.4 Å². The van der Waals surface area contributed by atoms with Crippen LogP contribution in [0.25, 0.3) is 22.0 Å². The minimum absolute atomic E-state index is 0.00121. The average Bonchev–Trinajstić information content (AvgIpc) is 3.69. The maximum Gasteiger partial charge on any atom is 0.268 e. The highest BCUT2D eigenvalue weighted by atomic mass is 16.2. The quantitative estimate of drug-likeness (QED) is 0.373. The third kappa shape index (κ3) is 4.76. The molecule has 40 heavy (non-hydrogen) atoms. The summed E-state index contributed by atoms with van der Waals surface area (Å²) in [5.74, 6) is -0.396. The van der Waals surface area contributed by atoms with Gasteiger partial charge in [0.25, 0.3) is 11.8 Å². The molecule has 2 saturated heterocycles. The largest absolute Gasteiger partial charge is 0.351 e. The van der Waals surface area contributed by atoms with Gasteiger partial charge in [-0.2, -0.15) is 0 Å². The molecule has 0 saturated carbocycles. The molecular formula is C33H34N4O3. The molecule has 2 aliphatic rings. The smallest absolute Gasteiger partial charge is 0.268 e. The van der Waals surface area contributed by atoms with E-state index in [0.29, 0.717) is 24.3 Å². The van der Waals surface area contributed by atoms with Crippen molar-refractivity contribution in [2.75, 3.05) is 13.1 Å². The number of hydrogen-bond acceptors (Lipinski definition) is 3. The molecule has 1 aromatic heterocycles. The molecule has 204 valence electrons. The van der Waals surface area contributed by atoms with Crippen molar-refractivity contribution < 1.29 is 14.4 Å². The number of nitrogens with one attached hydrogen (secondary N) is 2. The minimum atomic E-state index is -0.694. The monoisotopic (exact) mass is 534 g/mol. The molecule has 2 N–H and O–H groups in total. The molecule has 0 aliphatic carbocycles. The zero-order valence-electron chi connectivity index (χ0n) is 23.1. The molecule has 2 fully saturated rings. The van der Waals surface area contributed by atoms with Crippen LogP contribution in [0, 0.1) is 5.41 Å². The van der Waals surface area contributed by atoms with Crippen LogP contribution < -0.4 is 5.32 Å². The molecule has 3 atom stereocenters. The van der Waals surface area contributed by atoms with E-state index in [4.69, 9.17) is 0 Å². The molecule has 3 heterocycles. The summed E-state index contributed by atoms with van der Waals surface area (Å²) in [6.45, 7) is 6.87. The van der Waals surface area contributed by atoms with Gasteiger partial charge in [0.05, 0.1) is 12.1 Å². The second kappa shape index (κ2) is 9.97. The predicted molar refractivity (Wildman–Crippen MR) is 156 cm³/mol. The summed E-state index contributed by atoms with van der Waals surface area (Å²) >= 11 is 0. The molecule has 3 aromatic carbocycles. The number of fused-ring (bicyclic) bond motifs is 3. The van der Waals surface area contributed by atoms with Crippen molar-refractivity contribution in [3.8, 4) is 11.1 Å². The molecule has 3 amide bonds. The summed E-state index contributed by atoms with van der Waals surface area (Å²) in [5.41, 5.74) is 3.66. The van der Waals surface area contributed by atoms with E-state index < -0.39 is 11.5 Å². The number of amides is 3. The first-order valence-electron chi connectivity index (χ1n) is 13.8. The highest BCUT2D eigenvalue weighted by Gasteiger charge is 2.49. The molecule has 0 radical (unpaired) electrons. The van der Waals surface area contributed by atoms with Crippen LogP contribution in [0.15, 0.2) is 84.9 Å². The van der Waals surface area contributed by atoms with Crippen LogP contribution in [0.4, 0.5) is 0 Å². The van der Waals surface area contributed by atoms with Gasteiger partial charge in [0, 0.05) is 29.6 Å². The van der Waals surface area contributed by atoms with Crippen molar-refractivity contribution in [3.05, 3.63) is 96.2 Å². The minimum Gasteiger partial charge on any atom is -0.351 e. The molecule has 7 nitrogen and oxygen atoms in total. The number of carbonyl (C=O) groups excluding carboxylic acids is 3. The Labute approximate surface area is 234 Å². The second-order valence-corrected chi connectivity index (χ2v) is 12.0. The number of carbonyl (C=O) groups is 3. The number of hydrogen-bond donors (Lipinski definition) is 2. The number of nitrogens with zero attached hydrogens (tertiary/aromatic N) is 2. The molecule has 0 unspecified atom stereocenters. The van der Waals surface area contributed by atoms with Gasteiger partial charge < -0.3 is 20.1 Å². The first-order chi connectivity index (χ1) is 19.2. The molecule has 2 aliphatic heterocycles. The van der Waals surface area contributed by atoms with Crippen LogP contribution in [0.1, 0.15) is 48.0 Å². The Morgan fingerprint density at radius 3 is 2.10 bits per heavy atom. The van der Waals surface area contributed by atoms with Crippen molar-refractivity contribution >= 4 is 28.6 Å². The van der Waals surface area contributed by atoms with Gasteiger partial charge in [0.15, 0.2) is 0 Å². The lowest BCUT2D eigenvalue weighted by Gasteiger charge is -2.39. The Morgan fingerprint density at radius 1 is 0.825 bits per heavy atom. The lowest BCUT2D eigenvalue weighted by atomic mass is 9.85. The zero-order valence-corrected chi connectivity index (χ0v) is 23.1. The Balaban J connectivity index is 1.13. The number of para-hydroxylation sites is 1. The van der Waals surface area contributed by atoms with Crippen LogP contribution in [0.3, 0.4) is 0 Å². The Morgan fingerprint density at radius 2 is 1.45 bits per heavy atom. The highest BCUT2D eigenvalue weighted by Crippen LogP contribution is 2.34. The lowest BCUT2D eigenvalue weighted by Crippen LogP contribution is -2.59. The second-order valence-electron chi connectivity index (χ2n) is 12.0. The Bertz CT molecular complexity index is 1540. The lowest BCUT2D eigenvalue weighted by molar-refractivity contribution is -0.138. The number of rotatable bonds is 5. The van der Waals surface area contributed by atoms with Gasteiger partial charge in [-0.1, -0.05) is 81.4 Å². The number of H-pyrrole nitrogens is 1. The summed E-state index contributed by atoms with van der Waals surface area (Å²) in [7, 11) is 0. The highest BCUT2D eigenvalue weighted by molar-refractivity contribution is 6.00. The fraction of sp³-hybridized carbons (Fsp3) is 0.303. The van der Waals surface area contributed by atoms with Crippen molar-refractivity contribution in [1.29, 1.82) is 0 Å². The number of likely N-dealkylation sites (tertiary alicyclic amines) is 2. The van der Waals surface area contributed by atoms with Crippen molar-refractivity contribution in [1.82, 2.24) is 20.1 Å². The van der Waals surface area contributed by atoms with Gasteiger partial charge in [-0.15, -0.1) is 0 Å². The van der Waals surface area contributed by atoms with E-state index in [2.05, 4.69) is 22.4 Å². The SMILES string of the molecule is CC(C)(C)[C@H](NC(=O)c1cc2ccccc2[nH]1)C(=O)N1C[C@@H]2C[C@H]1CN2C(=O)c1ccc(-c2ccccc2)cc1. The Kier molecular flexibility index (Phi) is 6.45. The van der Waals surface area contributed by atoms with Gasteiger partial charge >= 0.3 is 0 Å². The number of benzene rings is 3. The number of aromatic nitrogens is 1. The van der Waals surface area contributed by atoms with E-state index in [1.54, 1.807) is 0 Å². The first-order valence-corrected chi connectivity index (χ1v) is 13.8. The number of piperazine rings is 1. The van der Waals surface area contributed by atoms with Crippen LogP contribution in [-0.2, 0) is 4.79 Å². The summed E-state index contributed by atoms with van der Waals surface area (Å²) in [4.78, 5) is 47.4. The molecule has 7 heteroatoms. The summed E-state index contributed by atoms with van der Waals surface area (Å²) < 4.78 is 0. The van der Waals surface area contributed by atoms with E-state index in [-0.39, 0.29) is 29.8 Å². The van der Waals surface area contributed by atoms with Gasteiger partial charge in [0.2, 0.25) is 5.91 Å². The molecular weight excluding hydrogens is 500 g/mol.